The number of anilines is 4. The highest BCUT2D eigenvalue weighted by Gasteiger charge is 2.80. The van der Waals surface area contributed by atoms with Gasteiger partial charge in [-0.25, -0.2) is 10.0 Å². The van der Waals surface area contributed by atoms with E-state index in [1.54, 1.807) is 12.4 Å². The van der Waals surface area contributed by atoms with Gasteiger partial charge in [-0.1, -0.05) is 97.1 Å². The number of fused-ring (bicyclic) bond motifs is 6. The van der Waals surface area contributed by atoms with Crippen molar-refractivity contribution in [1.29, 1.82) is 0 Å². The first kappa shape index (κ1) is 53.3. The molecule has 0 saturated heterocycles. The lowest BCUT2D eigenvalue weighted by molar-refractivity contribution is -0.254. The minimum atomic E-state index is -5.73. The van der Waals surface area contributed by atoms with Gasteiger partial charge in [0.1, 0.15) is 0 Å². The van der Waals surface area contributed by atoms with Crippen molar-refractivity contribution in [2.75, 3.05) is 10.0 Å². The van der Waals surface area contributed by atoms with Gasteiger partial charge < -0.3 is 9.13 Å². The Hall–Kier alpha value is -8.98. The van der Waals surface area contributed by atoms with Crippen LogP contribution < -0.4 is 10.0 Å². The van der Waals surface area contributed by atoms with E-state index >= 15 is 26.3 Å². The van der Waals surface area contributed by atoms with E-state index in [0.29, 0.717) is 34.0 Å². The van der Waals surface area contributed by atoms with Crippen LogP contribution in [0.1, 0.15) is 45.9 Å². The number of nitrogens with zero attached hydrogens (tertiary/aromatic N) is 6. The predicted octanol–water partition coefficient (Wildman–Crippen LogP) is 20.2. The van der Waals surface area contributed by atoms with Gasteiger partial charge in [0.2, 0.25) is 0 Å². The Morgan fingerprint density at radius 2 is 0.723 bits per heavy atom. The Kier molecular flexibility index (Phi) is 13.4. The molecule has 412 valence electrons. The largest absolute Gasteiger partial charge is 0.380 e. The van der Waals surface area contributed by atoms with Crippen LogP contribution in [0.5, 0.6) is 0 Å². The van der Waals surface area contributed by atoms with Gasteiger partial charge in [-0.3, -0.25) is 0 Å². The van der Waals surface area contributed by atoms with Crippen molar-refractivity contribution in [3.8, 4) is 20.9 Å². The molecule has 0 spiro atoms. The van der Waals surface area contributed by atoms with Crippen molar-refractivity contribution in [3.05, 3.63) is 238 Å². The van der Waals surface area contributed by atoms with E-state index in [0.717, 1.165) is 100 Å². The number of hydrogen-bond acceptors (Lipinski definition) is 6. The van der Waals surface area contributed by atoms with Crippen LogP contribution in [0.25, 0.3) is 75.6 Å². The highest BCUT2D eigenvalue weighted by Crippen LogP contribution is 2.66. The molecule has 0 atom stereocenters. The third-order valence-electron chi connectivity index (χ3n) is 15.7. The van der Waals surface area contributed by atoms with Crippen LogP contribution in [-0.4, -0.2) is 39.3 Å². The number of hydrogen-bond donors (Lipinski definition) is 0. The fraction of sp³-hybridized carbons (Fsp3) is 0.130. The molecule has 0 saturated carbocycles. The van der Waals surface area contributed by atoms with Crippen LogP contribution in [0.15, 0.2) is 216 Å². The molecule has 8 aromatic carbocycles. The number of aryl methyl sites for hydroxylation is 4. The molecule has 0 aliphatic heterocycles. The third kappa shape index (κ3) is 8.94. The topological polar surface area (TPSA) is 41.1 Å². The van der Waals surface area contributed by atoms with Crippen LogP contribution in [0.3, 0.4) is 0 Å². The van der Waals surface area contributed by atoms with Gasteiger partial charge in [0.25, 0.3) is 0 Å². The summed E-state index contributed by atoms with van der Waals surface area (Å²) >= 11 is 2.21. The monoisotopic (exact) mass is 1140 g/mol. The zero-order valence-corrected chi connectivity index (χ0v) is 47.1. The zero-order chi connectivity index (χ0) is 57.4. The second kappa shape index (κ2) is 20.8. The summed E-state index contributed by atoms with van der Waals surface area (Å²) in [5.74, 6) is -16.2. The molecule has 0 bridgehead atoms. The van der Waals surface area contributed by atoms with Gasteiger partial charge in [0.05, 0.1) is 35.2 Å². The minimum absolute atomic E-state index is 0.208. The fourth-order valence-electron chi connectivity index (χ4n) is 11.7. The van der Waals surface area contributed by atoms with E-state index in [1.807, 2.05) is 192 Å². The SMILES string of the molecule is CCn1c2ccc(/C=N/N(c3ccccc3)c3ccccc3)cc2c2cc(-c3cc(C4=C(c5cc(-c6ccc7c(c6)c6cc(/C=N/N(c8ccccc8)c8ccccc8)ccc6n7CC)sc5C)C(F)(F)C(F)(F)C4(F)F)c(C)s3)ccc21. The fourth-order valence-corrected chi connectivity index (χ4v) is 13.7. The van der Waals surface area contributed by atoms with E-state index in [9.17, 15) is 0 Å². The number of benzene rings is 8. The number of hydrazone groups is 2. The molecule has 1 aliphatic rings. The summed E-state index contributed by atoms with van der Waals surface area (Å²) in [7, 11) is 0. The molecule has 14 heteroatoms. The molecule has 4 heterocycles. The van der Waals surface area contributed by atoms with Gasteiger partial charge in [0, 0.05) is 87.4 Å². The molecule has 0 N–H and O–H groups in total. The van der Waals surface area contributed by atoms with Gasteiger partial charge in [-0.15, -0.1) is 22.7 Å². The number of allylic oxidation sites excluding steroid dienone is 2. The number of para-hydroxylation sites is 4. The summed E-state index contributed by atoms with van der Waals surface area (Å²) < 4.78 is 103. The summed E-state index contributed by atoms with van der Waals surface area (Å²) in [6.45, 7) is 8.46. The Morgan fingerprint density at radius 3 is 1.05 bits per heavy atom. The molecular weight excluding hydrogens is 1090 g/mol. The Balaban J connectivity index is 0.874. The minimum Gasteiger partial charge on any atom is -0.341 e. The van der Waals surface area contributed by atoms with Crippen molar-refractivity contribution in [2.45, 2.75) is 58.6 Å². The number of rotatable bonds is 14. The number of aromatic nitrogens is 2. The molecule has 83 heavy (non-hydrogen) atoms. The Bertz CT molecular complexity index is 4170. The second-order valence-electron chi connectivity index (χ2n) is 20.6. The Labute approximate surface area is 483 Å². The zero-order valence-electron chi connectivity index (χ0n) is 45.5. The summed E-state index contributed by atoms with van der Waals surface area (Å²) in [5.41, 5.74) is 6.84. The first-order valence-electron chi connectivity index (χ1n) is 27.3. The lowest BCUT2D eigenvalue weighted by Crippen LogP contribution is -2.48. The van der Waals surface area contributed by atoms with Gasteiger partial charge in [-0.2, -0.15) is 36.5 Å². The van der Waals surface area contributed by atoms with E-state index in [4.69, 9.17) is 10.2 Å². The standard InChI is InChI=1S/C69H52F6N6S2/c1-5-78-59-31-27-45(41-76-80(49-19-11-7-12-20-49)50-21-13-8-14-22-50)35-55(59)57-37-47(29-33-61(57)78)63-39-53(43(3)82-63)65-66(68(72,73)69(74,75)67(65,70)71)54-40-64(83-44(54)4)48-30-34-62-58(38-48)56-36-46(28-32-60(56)79(62)6-2)42-77-81(51-23-15-9-16-24-51)52-25-17-10-18-26-52/h7-42H,5-6H2,1-4H3/b76-41+,77-42+. The molecule has 0 radical (unpaired) electrons. The van der Waals surface area contributed by atoms with Crippen LogP contribution in [-0.2, 0) is 13.1 Å². The van der Waals surface area contributed by atoms with Crippen LogP contribution in [0.4, 0.5) is 49.1 Å². The van der Waals surface area contributed by atoms with E-state index in [-0.39, 0.29) is 20.9 Å². The molecule has 12 aromatic rings. The van der Waals surface area contributed by atoms with Gasteiger partial charge in [-0.05, 0) is 170 Å². The average molecular weight is 1140 g/mol. The number of alkyl halides is 6. The summed E-state index contributed by atoms with van der Waals surface area (Å²) in [5, 5.41) is 17.1. The van der Waals surface area contributed by atoms with Crippen LogP contribution in [0.2, 0.25) is 0 Å². The quantitative estimate of drug-likeness (QED) is 0.0618. The van der Waals surface area contributed by atoms with Crippen molar-refractivity contribution >= 4 is 113 Å². The van der Waals surface area contributed by atoms with Crippen molar-refractivity contribution in [1.82, 2.24) is 9.13 Å². The summed E-state index contributed by atoms with van der Waals surface area (Å²) in [4.78, 5) is 1.36. The number of halogens is 6. The molecule has 1 aliphatic carbocycles. The first-order chi connectivity index (χ1) is 40.2. The smallest absolute Gasteiger partial charge is 0.341 e. The first-order valence-corrected chi connectivity index (χ1v) is 28.9. The molecule has 0 unspecified atom stereocenters. The normalized spacial score (nSPS) is 14.9. The molecular formula is C69H52F6N6S2. The Morgan fingerprint density at radius 1 is 0.410 bits per heavy atom. The van der Waals surface area contributed by atoms with Crippen LogP contribution in [0, 0.1) is 13.8 Å². The number of thiophene rings is 2. The molecule has 6 nitrogen and oxygen atoms in total. The maximum absolute atomic E-state index is 16.7. The van der Waals surface area contributed by atoms with Crippen molar-refractivity contribution in [2.24, 2.45) is 10.2 Å². The second-order valence-corrected chi connectivity index (χ2v) is 23.1. The van der Waals surface area contributed by atoms with Crippen molar-refractivity contribution < 1.29 is 26.3 Å². The predicted molar refractivity (Wildman–Crippen MR) is 333 cm³/mol. The molecule has 4 aromatic heterocycles. The average Bonchev–Trinajstić information content (AvgIpc) is 1.86. The van der Waals surface area contributed by atoms with E-state index in [2.05, 4.69) is 35.1 Å². The molecule has 13 rings (SSSR count). The molecule has 0 fully saturated rings. The van der Waals surface area contributed by atoms with Gasteiger partial charge in [0.15, 0.2) is 0 Å². The van der Waals surface area contributed by atoms with Gasteiger partial charge >= 0.3 is 17.8 Å². The van der Waals surface area contributed by atoms with Crippen molar-refractivity contribution in [3.63, 3.8) is 0 Å². The molecule has 0 amide bonds. The summed E-state index contributed by atoms with van der Waals surface area (Å²) in [6.07, 6.45) is 3.60. The van der Waals surface area contributed by atoms with E-state index in [1.165, 1.54) is 26.0 Å². The highest BCUT2D eigenvalue weighted by molar-refractivity contribution is 7.16. The summed E-state index contributed by atoms with van der Waals surface area (Å²) in [6, 6.07) is 65.8. The third-order valence-corrected chi connectivity index (χ3v) is 17.9. The maximum atomic E-state index is 16.7. The highest BCUT2D eigenvalue weighted by atomic mass is 32.1. The lowest BCUT2D eigenvalue weighted by atomic mass is 9.94. The van der Waals surface area contributed by atoms with E-state index < -0.39 is 28.9 Å². The van der Waals surface area contributed by atoms with Crippen LogP contribution >= 0.6 is 22.7 Å². The maximum Gasteiger partial charge on any atom is 0.380 e. The lowest BCUT2D eigenvalue weighted by Gasteiger charge is -2.25.